The van der Waals surface area contributed by atoms with Crippen molar-refractivity contribution in [3.8, 4) is 17.6 Å². The SMILES string of the molecule is C.COc1ccc(F)c([C@@H](O)C#N)c1.COc1ccc(F)c([C@@H](O)CN)c1.[AlH3].[H-].[Li+]. The van der Waals surface area contributed by atoms with E-state index in [0.717, 1.165) is 6.07 Å². The molecule has 0 aliphatic carbocycles. The predicted octanol–water partition coefficient (Wildman–Crippen LogP) is -1.21. The maximum Gasteiger partial charge on any atom is 1.00 e. The van der Waals surface area contributed by atoms with Gasteiger partial charge in [0.05, 0.1) is 26.4 Å². The van der Waals surface area contributed by atoms with Crippen molar-refractivity contribution in [2.75, 3.05) is 20.8 Å². The Hall–Kier alpha value is -1.60. The molecule has 0 aromatic heterocycles. The van der Waals surface area contributed by atoms with Gasteiger partial charge in [-0.2, -0.15) is 5.26 Å². The smallest absolute Gasteiger partial charge is 1.00 e. The van der Waals surface area contributed by atoms with Crippen molar-refractivity contribution in [3.63, 3.8) is 0 Å². The summed E-state index contributed by atoms with van der Waals surface area (Å²) in [4.78, 5) is 0. The van der Waals surface area contributed by atoms with Gasteiger partial charge in [0.25, 0.3) is 0 Å². The molecule has 0 unspecified atom stereocenters. The van der Waals surface area contributed by atoms with Crippen molar-refractivity contribution in [1.82, 2.24) is 0 Å². The standard InChI is InChI=1S/C9H12FNO2.C9H8FNO2.CH4.Al.Li.4H/c2*1-13-6-2-3-8(10)7(4-6)9(12)5-11;;;;;;;/h2-4,9,12H,5,11H2,1H3;2-4,9,12H,1H3;1H4;;;;;;/q;;;;+1;;;;-1/t2*9-;;;;;;;/m00......./s1. The van der Waals surface area contributed by atoms with Crippen LogP contribution >= 0.6 is 0 Å². The molecule has 0 fully saturated rings. The Morgan fingerprint density at radius 3 is 1.83 bits per heavy atom. The van der Waals surface area contributed by atoms with Crippen molar-refractivity contribution in [1.29, 1.82) is 5.26 Å². The van der Waals surface area contributed by atoms with E-state index in [1.807, 2.05) is 0 Å². The van der Waals surface area contributed by atoms with Crippen LogP contribution in [0.15, 0.2) is 36.4 Å². The zero-order valence-electron chi connectivity index (χ0n) is 16.3. The Morgan fingerprint density at radius 1 is 1.03 bits per heavy atom. The van der Waals surface area contributed by atoms with E-state index in [-0.39, 0.29) is 62.7 Å². The zero-order chi connectivity index (χ0) is 19.7. The van der Waals surface area contributed by atoms with Gasteiger partial charge in [0.15, 0.2) is 23.5 Å². The largest absolute Gasteiger partial charge is 1.00 e. The molecule has 2 atom stereocenters. The Labute approximate surface area is 194 Å². The minimum absolute atomic E-state index is 0. The third-order valence-electron chi connectivity index (χ3n) is 3.41. The first-order chi connectivity index (χ1) is 12.4. The van der Waals surface area contributed by atoms with E-state index in [9.17, 15) is 13.9 Å². The Balaban J connectivity index is -0.000000199. The Kier molecular flexibility index (Phi) is 17.9. The van der Waals surface area contributed by atoms with Gasteiger partial charge in [0.1, 0.15) is 23.1 Å². The number of rotatable bonds is 5. The normalized spacial score (nSPS) is 11.0. The van der Waals surface area contributed by atoms with Crippen molar-refractivity contribution in [2.45, 2.75) is 19.6 Å². The summed E-state index contributed by atoms with van der Waals surface area (Å²) in [5.41, 5.74) is 5.31. The molecule has 156 valence electrons. The topological polar surface area (TPSA) is 109 Å². The van der Waals surface area contributed by atoms with E-state index < -0.39 is 23.8 Å². The number of methoxy groups -OCH3 is 2. The molecule has 6 nitrogen and oxygen atoms in total. The molecule has 0 heterocycles. The van der Waals surface area contributed by atoms with Crippen LogP contribution in [-0.2, 0) is 0 Å². The molecule has 0 aliphatic heterocycles. The van der Waals surface area contributed by atoms with Gasteiger partial charge in [0, 0.05) is 17.7 Å². The van der Waals surface area contributed by atoms with Gasteiger partial charge in [-0.15, -0.1) is 0 Å². The second kappa shape index (κ2) is 16.2. The Bertz CT molecular complexity index is 785. The molecule has 0 amide bonds. The quantitative estimate of drug-likeness (QED) is 0.414. The second-order valence-electron chi connectivity index (χ2n) is 5.06. The molecular formula is C19H28AlF2LiN2O4. The molecule has 0 bridgehead atoms. The molecule has 2 aromatic rings. The van der Waals surface area contributed by atoms with Crippen LogP contribution in [0.25, 0.3) is 0 Å². The number of hydrogen-bond donors (Lipinski definition) is 3. The summed E-state index contributed by atoms with van der Waals surface area (Å²) in [6.07, 6.45) is -2.43. The van der Waals surface area contributed by atoms with Crippen LogP contribution in [0.2, 0.25) is 0 Å². The number of aliphatic hydroxyl groups is 2. The van der Waals surface area contributed by atoms with Crippen LogP contribution in [0.4, 0.5) is 8.78 Å². The first-order valence-corrected chi connectivity index (χ1v) is 7.50. The van der Waals surface area contributed by atoms with Crippen molar-refractivity contribution in [3.05, 3.63) is 59.2 Å². The number of nitrogens with two attached hydrogens (primary N) is 1. The number of nitriles is 1. The van der Waals surface area contributed by atoms with Gasteiger partial charge in [-0.25, -0.2) is 8.78 Å². The number of nitrogens with zero attached hydrogens (tertiary/aromatic N) is 1. The molecule has 2 aromatic carbocycles. The number of benzene rings is 2. The van der Waals surface area contributed by atoms with Crippen molar-refractivity contribution < 1.29 is 48.8 Å². The average molecular weight is 420 g/mol. The molecule has 10 heteroatoms. The molecule has 0 aliphatic rings. The summed E-state index contributed by atoms with van der Waals surface area (Å²) in [5, 5.41) is 26.8. The fraction of sp³-hybridized carbons (Fsp3) is 0.316. The number of hydrogen-bond acceptors (Lipinski definition) is 6. The van der Waals surface area contributed by atoms with Gasteiger partial charge in [-0.05, 0) is 36.4 Å². The minimum Gasteiger partial charge on any atom is -1.00 e. The third-order valence-corrected chi connectivity index (χ3v) is 3.41. The maximum atomic E-state index is 13.1. The molecule has 0 radical (unpaired) electrons. The summed E-state index contributed by atoms with van der Waals surface area (Å²) in [6.45, 7) is -0.00983. The molecule has 4 N–H and O–H groups in total. The van der Waals surface area contributed by atoms with Crippen LogP contribution in [0.3, 0.4) is 0 Å². The van der Waals surface area contributed by atoms with Crippen LogP contribution in [0, 0.1) is 23.0 Å². The minimum atomic E-state index is -1.45. The summed E-state index contributed by atoms with van der Waals surface area (Å²) in [7, 11) is 2.90. The zero-order valence-corrected chi connectivity index (χ0v) is 15.3. The van der Waals surface area contributed by atoms with Gasteiger partial charge < -0.3 is 26.8 Å². The first-order valence-electron chi connectivity index (χ1n) is 7.50. The van der Waals surface area contributed by atoms with Crippen LogP contribution < -0.4 is 34.1 Å². The number of ether oxygens (including phenoxy) is 2. The molecule has 0 saturated carbocycles. The molecule has 0 spiro atoms. The fourth-order valence-electron chi connectivity index (χ4n) is 1.96. The second-order valence-corrected chi connectivity index (χ2v) is 5.06. The van der Waals surface area contributed by atoms with E-state index in [1.54, 1.807) is 0 Å². The average Bonchev–Trinajstić information content (AvgIpc) is 2.68. The van der Waals surface area contributed by atoms with E-state index in [4.69, 9.17) is 25.6 Å². The van der Waals surface area contributed by atoms with E-state index >= 15 is 0 Å². The summed E-state index contributed by atoms with van der Waals surface area (Å²) in [6, 6.07) is 9.56. The van der Waals surface area contributed by atoms with Gasteiger partial charge in [0.2, 0.25) is 0 Å². The third kappa shape index (κ3) is 9.63. The summed E-state index contributed by atoms with van der Waals surface area (Å²) < 4.78 is 35.8. The van der Waals surface area contributed by atoms with E-state index in [1.165, 1.54) is 50.6 Å². The molecule has 0 saturated heterocycles. The van der Waals surface area contributed by atoms with Gasteiger partial charge >= 0.3 is 18.9 Å². The molecular weight excluding hydrogens is 392 g/mol. The monoisotopic (exact) mass is 420 g/mol. The van der Waals surface area contributed by atoms with Gasteiger partial charge in [-0.1, -0.05) is 7.43 Å². The van der Waals surface area contributed by atoms with Crippen LogP contribution in [-0.4, -0.2) is 48.3 Å². The predicted molar refractivity (Wildman–Crippen MR) is 108 cm³/mol. The van der Waals surface area contributed by atoms with Crippen LogP contribution in [0.5, 0.6) is 11.5 Å². The van der Waals surface area contributed by atoms with E-state index in [2.05, 4.69) is 0 Å². The maximum absolute atomic E-state index is 13.1. The number of halogens is 2. The van der Waals surface area contributed by atoms with Crippen molar-refractivity contribution in [2.24, 2.45) is 5.73 Å². The summed E-state index contributed by atoms with van der Waals surface area (Å²) in [5.74, 6) is -0.178. The van der Waals surface area contributed by atoms with Crippen molar-refractivity contribution >= 4 is 17.4 Å². The Morgan fingerprint density at radius 2 is 1.45 bits per heavy atom. The fourth-order valence-corrected chi connectivity index (χ4v) is 1.96. The van der Waals surface area contributed by atoms with Gasteiger partial charge in [-0.3, -0.25) is 0 Å². The number of aliphatic hydroxyl groups excluding tert-OH is 2. The summed E-state index contributed by atoms with van der Waals surface area (Å²) >= 11 is 0. The molecule has 29 heavy (non-hydrogen) atoms. The van der Waals surface area contributed by atoms with E-state index in [0.29, 0.717) is 11.5 Å². The first kappa shape index (κ1) is 32.1. The van der Waals surface area contributed by atoms with Crippen LogP contribution in [0.1, 0.15) is 32.2 Å². The molecule has 2 rings (SSSR count).